The van der Waals surface area contributed by atoms with Gasteiger partial charge in [-0.05, 0) is 6.07 Å². The van der Waals surface area contributed by atoms with Crippen molar-refractivity contribution in [3.8, 4) is 0 Å². The molecule has 2 heterocycles. The third-order valence-electron chi connectivity index (χ3n) is 2.23. The van der Waals surface area contributed by atoms with Crippen LogP contribution in [-0.4, -0.2) is 39.7 Å². The number of nitrogens with one attached hydrogen (secondary N) is 1. The minimum absolute atomic E-state index is 0.0927. The molecule has 0 aliphatic carbocycles. The van der Waals surface area contributed by atoms with Gasteiger partial charge < -0.3 is 10.1 Å². The molecule has 0 saturated carbocycles. The Kier molecular flexibility index (Phi) is 5.64. The predicted octanol–water partition coefficient (Wildman–Crippen LogP) is 1.38. The Labute approximate surface area is 129 Å². The smallest absolute Gasteiger partial charge is 0.311 e. The molecule has 0 spiro atoms. The zero-order valence-electron chi connectivity index (χ0n) is 11.1. The average Bonchev–Trinajstić information content (AvgIpc) is 2.93. The summed E-state index contributed by atoms with van der Waals surface area (Å²) in [6.45, 7) is 0. The normalized spacial score (nSPS) is 10.1. The molecule has 0 aromatic carbocycles. The second kappa shape index (κ2) is 7.70. The summed E-state index contributed by atoms with van der Waals surface area (Å²) in [7, 11) is 1.32. The van der Waals surface area contributed by atoms with Gasteiger partial charge in [0.15, 0.2) is 10.3 Å². The summed E-state index contributed by atoms with van der Waals surface area (Å²) in [5.74, 6) is -0.378. The molecule has 0 unspecified atom stereocenters. The second-order valence-electron chi connectivity index (χ2n) is 3.77. The SMILES string of the molecule is COC(=O)Cc1csc(NC(=O)CSc2ncccn2)n1. The molecule has 1 N–H and O–H groups in total. The Morgan fingerprint density at radius 1 is 1.38 bits per heavy atom. The summed E-state index contributed by atoms with van der Waals surface area (Å²) >= 11 is 2.50. The Hall–Kier alpha value is -2.00. The first-order chi connectivity index (χ1) is 10.2. The summed E-state index contributed by atoms with van der Waals surface area (Å²) < 4.78 is 4.55. The maximum absolute atomic E-state index is 11.8. The van der Waals surface area contributed by atoms with E-state index in [0.29, 0.717) is 16.0 Å². The molecule has 2 rings (SSSR count). The lowest BCUT2D eigenvalue weighted by molar-refractivity contribution is -0.139. The van der Waals surface area contributed by atoms with E-state index < -0.39 is 0 Å². The summed E-state index contributed by atoms with van der Waals surface area (Å²) in [6.07, 6.45) is 3.33. The fourth-order valence-corrected chi connectivity index (χ4v) is 2.64. The number of thiazole rings is 1. The van der Waals surface area contributed by atoms with E-state index in [1.54, 1.807) is 23.8 Å². The average molecular weight is 324 g/mol. The van der Waals surface area contributed by atoms with Gasteiger partial charge in [0.05, 0.1) is 25.0 Å². The molecule has 1 amide bonds. The number of rotatable bonds is 6. The van der Waals surface area contributed by atoms with E-state index >= 15 is 0 Å². The van der Waals surface area contributed by atoms with Crippen molar-refractivity contribution >= 4 is 40.1 Å². The molecular weight excluding hydrogens is 312 g/mol. The molecule has 2 aromatic rings. The monoisotopic (exact) mass is 324 g/mol. The Morgan fingerprint density at radius 2 is 2.14 bits per heavy atom. The van der Waals surface area contributed by atoms with Crippen LogP contribution in [0.4, 0.5) is 5.13 Å². The molecule has 110 valence electrons. The minimum atomic E-state index is -0.366. The molecule has 0 fully saturated rings. The number of anilines is 1. The molecule has 0 aliphatic heterocycles. The second-order valence-corrected chi connectivity index (χ2v) is 5.57. The standard InChI is InChI=1S/C12H12N4O3S2/c1-19-10(18)5-8-6-20-12(15-8)16-9(17)7-21-11-13-3-2-4-14-11/h2-4,6H,5,7H2,1H3,(H,15,16,17). The minimum Gasteiger partial charge on any atom is -0.469 e. The van der Waals surface area contributed by atoms with Crippen LogP contribution >= 0.6 is 23.1 Å². The molecular formula is C12H12N4O3S2. The van der Waals surface area contributed by atoms with E-state index in [1.807, 2.05) is 0 Å². The highest BCUT2D eigenvalue weighted by molar-refractivity contribution is 7.99. The van der Waals surface area contributed by atoms with E-state index in [0.717, 1.165) is 0 Å². The van der Waals surface area contributed by atoms with Crippen LogP contribution in [0.2, 0.25) is 0 Å². The number of methoxy groups -OCH3 is 1. The number of amides is 1. The fraction of sp³-hybridized carbons (Fsp3) is 0.250. The number of nitrogens with zero attached hydrogens (tertiary/aromatic N) is 3. The fourth-order valence-electron chi connectivity index (χ4n) is 1.31. The summed E-state index contributed by atoms with van der Waals surface area (Å²) in [5, 5.41) is 5.36. The number of hydrogen-bond donors (Lipinski definition) is 1. The van der Waals surface area contributed by atoms with Gasteiger partial charge in [0.25, 0.3) is 0 Å². The molecule has 0 atom stereocenters. The lowest BCUT2D eigenvalue weighted by Gasteiger charge is -2.00. The third-order valence-corrected chi connectivity index (χ3v) is 3.91. The number of esters is 1. The summed E-state index contributed by atoms with van der Waals surface area (Å²) in [6, 6.07) is 1.71. The lowest BCUT2D eigenvalue weighted by atomic mass is 10.3. The summed E-state index contributed by atoms with van der Waals surface area (Å²) in [5.41, 5.74) is 0.571. The van der Waals surface area contributed by atoms with Crippen LogP contribution in [0.3, 0.4) is 0 Å². The molecule has 0 radical (unpaired) electrons. The first kappa shape index (κ1) is 15.4. The van der Waals surface area contributed by atoms with Crippen molar-refractivity contribution in [2.24, 2.45) is 0 Å². The third kappa shape index (κ3) is 5.12. The van der Waals surface area contributed by atoms with Crippen LogP contribution in [-0.2, 0) is 20.7 Å². The highest BCUT2D eigenvalue weighted by Crippen LogP contribution is 2.17. The van der Waals surface area contributed by atoms with Crippen molar-refractivity contribution in [1.82, 2.24) is 15.0 Å². The van der Waals surface area contributed by atoms with Crippen molar-refractivity contribution in [2.45, 2.75) is 11.6 Å². The van der Waals surface area contributed by atoms with Crippen LogP contribution in [0.1, 0.15) is 5.69 Å². The molecule has 2 aromatic heterocycles. The van der Waals surface area contributed by atoms with Crippen LogP contribution in [0.15, 0.2) is 29.0 Å². The summed E-state index contributed by atoms with van der Waals surface area (Å²) in [4.78, 5) is 35.0. The molecule has 0 saturated heterocycles. The number of ether oxygens (including phenoxy) is 1. The van der Waals surface area contributed by atoms with E-state index in [-0.39, 0.29) is 24.1 Å². The van der Waals surface area contributed by atoms with Crippen LogP contribution in [0.5, 0.6) is 0 Å². The van der Waals surface area contributed by atoms with Crippen molar-refractivity contribution in [3.63, 3.8) is 0 Å². The molecule has 7 nitrogen and oxygen atoms in total. The number of aromatic nitrogens is 3. The highest BCUT2D eigenvalue weighted by atomic mass is 32.2. The van der Waals surface area contributed by atoms with Crippen LogP contribution in [0, 0.1) is 0 Å². The van der Waals surface area contributed by atoms with E-state index in [1.165, 1.54) is 30.2 Å². The predicted molar refractivity (Wildman–Crippen MR) is 79.2 cm³/mol. The zero-order chi connectivity index (χ0) is 15.1. The number of carbonyl (C=O) groups is 2. The van der Waals surface area contributed by atoms with Crippen molar-refractivity contribution in [3.05, 3.63) is 29.5 Å². The highest BCUT2D eigenvalue weighted by Gasteiger charge is 2.10. The van der Waals surface area contributed by atoms with Gasteiger partial charge in [0.1, 0.15) is 0 Å². The maximum Gasteiger partial charge on any atom is 0.311 e. The topological polar surface area (TPSA) is 94.1 Å². The number of carbonyl (C=O) groups excluding carboxylic acids is 2. The number of thioether (sulfide) groups is 1. The molecule has 9 heteroatoms. The van der Waals surface area contributed by atoms with E-state index in [9.17, 15) is 9.59 Å². The van der Waals surface area contributed by atoms with Gasteiger partial charge in [-0.1, -0.05) is 11.8 Å². The molecule has 0 bridgehead atoms. The Balaban J connectivity index is 1.81. The van der Waals surface area contributed by atoms with Gasteiger partial charge in [-0.3, -0.25) is 9.59 Å². The van der Waals surface area contributed by atoms with Gasteiger partial charge in [-0.2, -0.15) is 0 Å². The van der Waals surface area contributed by atoms with Crippen molar-refractivity contribution in [2.75, 3.05) is 18.2 Å². The Bertz CT molecular complexity index is 618. The van der Waals surface area contributed by atoms with Gasteiger partial charge in [-0.15, -0.1) is 11.3 Å². The number of hydrogen-bond acceptors (Lipinski definition) is 8. The van der Waals surface area contributed by atoms with E-state index in [2.05, 4.69) is 25.0 Å². The molecule has 0 aliphatic rings. The zero-order valence-corrected chi connectivity index (χ0v) is 12.7. The lowest BCUT2D eigenvalue weighted by Crippen LogP contribution is -2.14. The first-order valence-electron chi connectivity index (χ1n) is 5.88. The van der Waals surface area contributed by atoms with Crippen molar-refractivity contribution < 1.29 is 14.3 Å². The van der Waals surface area contributed by atoms with Gasteiger partial charge >= 0.3 is 5.97 Å². The van der Waals surface area contributed by atoms with E-state index in [4.69, 9.17) is 0 Å². The first-order valence-corrected chi connectivity index (χ1v) is 7.75. The van der Waals surface area contributed by atoms with Crippen LogP contribution in [0.25, 0.3) is 0 Å². The van der Waals surface area contributed by atoms with Crippen molar-refractivity contribution in [1.29, 1.82) is 0 Å². The van der Waals surface area contributed by atoms with Gasteiger partial charge in [-0.25, -0.2) is 15.0 Å². The van der Waals surface area contributed by atoms with Gasteiger partial charge in [0, 0.05) is 17.8 Å². The largest absolute Gasteiger partial charge is 0.469 e. The van der Waals surface area contributed by atoms with Crippen LogP contribution < -0.4 is 5.32 Å². The Morgan fingerprint density at radius 3 is 2.86 bits per heavy atom. The maximum atomic E-state index is 11.8. The quantitative estimate of drug-likeness (QED) is 0.487. The molecule has 21 heavy (non-hydrogen) atoms. The van der Waals surface area contributed by atoms with Gasteiger partial charge in [0.2, 0.25) is 5.91 Å².